The molecule has 0 N–H and O–H groups in total. The van der Waals surface area contributed by atoms with E-state index in [2.05, 4.69) is 0 Å². The lowest BCUT2D eigenvalue weighted by Crippen LogP contribution is -2.39. The summed E-state index contributed by atoms with van der Waals surface area (Å²) >= 11 is 1.60. The van der Waals surface area contributed by atoms with Crippen molar-refractivity contribution < 1.29 is 9.59 Å². The highest BCUT2D eigenvalue weighted by Gasteiger charge is 2.39. The number of hydrogen-bond donors (Lipinski definition) is 0. The lowest BCUT2D eigenvalue weighted by Gasteiger charge is -2.25. The SMILES string of the molecule is Cc1ccc([C@H]2S[C@H](C)C(=O)N2CC(=O)N(C)C)cc1. The summed E-state index contributed by atoms with van der Waals surface area (Å²) in [5.74, 6) is -0.0130. The molecule has 0 aliphatic carbocycles. The molecule has 4 nitrogen and oxygen atoms in total. The summed E-state index contributed by atoms with van der Waals surface area (Å²) in [7, 11) is 3.42. The first-order valence-corrected chi connectivity index (χ1v) is 7.57. The number of benzene rings is 1. The Kier molecular flexibility index (Phi) is 4.38. The molecule has 2 amide bonds. The maximum Gasteiger partial charge on any atom is 0.241 e. The van der Waals surface area contributed by atoms with Gasteiger partial charge in [0.15, 0.2) is 0 Å². The molecule has 0 unspecified atom stereocenters. The Balaban J connectivity index is 2.23. The van der Waals surface area contributed by atoms with Gasteiger partial charge in [-0.2, -0.15) is 0 Å². The Bertz CT molecular complexity index is 513. The van der Waals surface area contributed by atoms with Gasteiger partial charge < -0.3 is 9.80 Å². The van der Waals surface area contributed by atoms with E-state index in [1.807, 2.05) is 38.1 Å². The quantitative estimate of drug-likeness (QED) is 0.856. The zero-order chi connectivity index (χ0) is 14.9. The van der Waals surface area contributed by atoms with E-state index in [1.165, 1.54) is 10.5 Å². The number of hydrogen-bond acceptors (Lipinski definition) is 3. The van der Waals surface area contributed by atoms with Crippen LogP contribution in [-0.2, 0) is 9.59 Å². The van der Waals surface area contributed by atoms with Crippen LogP contribution in [0.1, 0.15) is 23.4 Å². The van der Waals surface area contributed by atoms with Gasteiger partial charge in [0.2, 0.25) is 11.8 Å². The molecule has 0 aromatic heterocycles. The molecule has 1 heterocycles. The zero-order valence-corrected chi connectivity index (χ0v) is 13.1. The van der Waals surface area contributed by atoms with Crippen molar-refractivity contribution in [3.8, 4) is 0 Å². The topological polar surface area (TPSA) is 40.6 Å². The molecule has 5 heteroatoms. The first kappa shape index (κ1) is 14.9. The Morgan fingerprint density at radius 1 is 1.30 bits per heavy atom. The maximum atomic E-state index is 12.2. The predicted octanol–water partition coefficient (Wildman–Crippen LogP) is 2.05. The molecule has 1 fully saturated rings. The minimum atomic E-state index is -0.101. The van der Waals surface area contributed by atoms with Gasteiger partial charge in [0.25, 0.3) is 0 Å². The molecule has 2 atom stereocenters. The molecular formula is C15H20N2O2S. The van der Waals surface area contributed by atoms with Crippen LogP contribution in [0.15, 0.2) is 24.3 Å². The van der Waals surface area contributed by atoms with Crippen LogP contribution in [-0.4, -0.2) is 47.5 Å². The van der Waals surface area contributed by atoms with Crippen LogP contribution in [0, 0.1) is 6.92 Å². The number of carbonyl (C=O) groups is 2. The van der Waals surface area contributed by atoms with Crippen LogP contribution in [0.3, 0.4) is 0 Å². The summed E-state index contributed by atoms with van der Waals surface area (Å²) in [4.78, 5) is 27.4. The molecule has 108 valence electrons. The van der Waals surface area contributed by atoms with Crippen LogP contribution in [0.4, 0.5) is 0 Å². The zero-order valence-electron chi connectivity index (χ0n) is 12.3. The van der Waals surface area contributed by atoms with E-state index in [1.54, 1.807) is 30.8 Å². The van der Waals surface area contributed by atoms with Crippen LogP contribution < -0.4 is 0 Å². The van der Waals surface area contributed by atoms with Gasteiger partial charge in [0.1, 0.15) is 11.9 Å². The summed E-state index contributed by atoms with van der Waals surface area (Å²) < 4.78 is 0. The summed E-state index contributed by atoms with van der Waals surface area (Å²) in [5.41, 5.74) is 2.26. The number of thioether (sulfide) groups is 1. The molecule has 1 aliphatic rings. The standard InChI is InChI=1S/C15H20N2O2S/c1-10-5-7-12(8-6-10)15-17(9-13(18)16(3)4)14(19)11(2)20-15/h5-8,11,15H,9H2,1-4H3/t11-,15-/m1/s1. The molecular weight excluding hydrogens is 272 g/mol. The highest BCUT2D eigenvalue weighted by Crippen LogP contribution is 2.42. The third-order valence-corrected chi connectivity index (χ3v) is 4.81. The second-order valence-corrected chi connectivity index (χ2v) is 6.72. The molecule has 0 radical (unpaired) electrons. The smallest absolute Gasteiger partial charge is 0.241 e. The van der Waals surface area contributed by atoms with E-state index >= 15 is 0 Å². The molecule has 1 saturated heterocycles. The van der Waals surface area contributed by atoms with Crippen LogP contribution in [0.25, 0.3) is 0 Å². The van der Waals surface area contributed by atoms with Crippen molar-refractivity contribution in [3.63, 3.8) is 0 Å². The third-order valence-electron chi connectivity index (χ3n) is 3.41. The maximum absolute atomic E-state index is 12.2. The van der Waals surface area contributed by atoms with E-state index in [0.29, 0.717) is 0 Å². The van der Waals surface area contributed by atoms with Gasteiger partial charge in [0.05, 0.1) is 5.25 Å². The van der Waals surface area contributed by atoms with Crippen molar-refractivity contribution in [1.29, 1.82) is 0 Å². The number of likely N-dealkylation sites (N-methyl/N-ethyl adjacent to an activating group) is 1. The first-order chi connectivity index (χ1) is 9.40. The molecule has 1 aliphatic heterocycles. The number of rotatable bonds is 3. The van der Waals surface area contributed by atoms with Crippen molar-refractivity contribution in [2.24, 2.45) is 0 Å². The van der Waals surface area contributed by atoms with Gasteiger partial charge in [-0.05, 0) is 19.4 Å². The predicted molar refractivity (Wildman–Crippen MR) is 81.4 cm³/mol. The van der Waals surface area contributed by atoms with Crippen LogP contribution in [0.5, 0.6) is 0 Å². The molecule has 2 rings (SSSR count). The third kappa shape index (κ3) is 2.98. The van der Waals surface area contributed by atoms with E-state index in [4.69, 9.17) is 0 Å². The second-order valence-electron chi connectivity index (χ2n) is 5.30. The lowest BCUT2D eigenvalue weighted by molar-refractivity contribution is -0.138. The summed E-state index contributed by atoms with van der Waals surface area (Å²) in [6.45, 7) is 4.07. The largest absolute Gasteiger partial charge is 0.347 e. The second kappa shape index (κ2) is 5.87. The Morgan fingerprint density at radius 3 is 2.45 bits per heavy atom. The highest BCUT2D eigenvalue weighted by molar-refractivity contribution is 8.01. The van der Waals surface area contributed by atoms with Gasteiger partial charge in [-0.15, -0.1) is 11.8 Å². The van der Waals surface area contributed by atoms with Crippen molar-refractivity contribution in [2.75, 3.05) is 20.6 Å². The van der Waals surface area contributed by atoms with Gasteiger partial charge in [0, 0.05) is 14.1 Å². The highest BCUT2D eigenvalue weighted by atomic mass is 32.2. The number of carbonyl (C=O) groups excluding carboxylic acids is 2. The summed E-state index contributed by atoms with van der Waals surface area (Å²) in [6, 6.07) is 8.14. The van der Waals surface area contributed by atoms with Crippen molar-refractivity contribution >= 4 is 23.6 Å². The van der Waals surface area contributed by atoms with E-state index in [-0.39, 0.29) is 29.0 Å². The monoisotopic (exact) mass is 292 g/mol. The van der Waals surface area contributed by atoms with Crippen molar-refractivity contribution in [3.05, 3.63) is 35.4 Å². The van der Waals surface area contributed by atoms with E-state index in [0.717, 1.165) is 5.56 Å². The van der Waals surface area contributed by atoms with Crippen molar-refractivity contribution in [1.82, 2.24) is 9.80 Å². The Morgan fingerprint density at radius 2 is 1.90 bits per heavy atom. The summed E-state index contributed by atoms with van der Waals surface area (Å²) in [5, 5.41) is -0.168. The molecule has 0 spiro atoms. The summed E-state index contributed by atoms with van der Waals surface area (Å²) in [6.07, 6.45) is 0. The van der Waals surface area contributed by atoms with Gasteiger partial charge in [-0.3, -0.25) is 9.59 Å². The average Bonchev–Trinajstić information content (AvgIpc) is 2.68. The molecule has 1 aromatic carbocycles. The van der Waals surface area contributed by atoms with E-state index in [9.17, 15) is 9.59 Å². The number of amides is 2. The van der Waals surface area contributed by atoms with Crippen LogP contribution in [0.2, 0.25) is 0 Å². The Hall–Kier alpha value is -1.49. The Labute approximate surface area is 124 Å². The first-order valence-electron chi connectivity index (χ1n) is 6.63. The molecule has 20 heavy (non-hydrogen) atoms. The van der Waals surface area contributed by atoms with E-state index < -0.39 is 0 Å². The molecule has 0 bridgehead atoms. The fourth-order valence-electron chi connectivity index (χ4n) is 2.11. The lowest BCUT2D eigenvalue weighted by atomic mass is 10.1. The van der Waals surface area contributed by atoms with Crippen LogP contribution >= 0.6 is 11.8 Å². The minimum absolute atomic E-state index is 0.0378. The minimum Gasteiger partial charge on any atom is -0.347 e. The van der Waals surface area contributed by atoms with Crippen molar-refractivity contribution in [2.45, 2.75) is 24.5 Å². The van der Waals surface area contributed by atoms with Gasteiger partial charge in [-0.25, -0.2) is 0 Å². The van der Waals surface area contributed by atoms with Gasteiger partial charge >= 0.3 is 0 Å². The van der Waals surface area contributed by atoms with Gasteiger partial charge in [-0.1, -0.05) is 29.8 Å². The normalized spacial score (nSPS) is 22.2. The molecule has 0 saturated carbocycles. The number of nitrogens with zero attached hydrogens (tertiary/aromatic N) is 2. The fraction of sp³-hybridized carbons (Fsp3) is 0.467. The number of aryl methyl sites for hydroxylation is 1. The molecule has 1 aromatic rings. The fourth-order valence-corrected chi connectivity index (χ4v) is 3.39. The average molecular weight is 292 g/mol.